The molecular weight excluding hydrogens is 278 g/mol. The smallest absolute Gasteiger partial charge is 0.354 e. The minimum absolute atomic E-state index is 0.0145. The van der Waals surface area contributed by atoms with Crippen LogP contribution >= 0.6 is 0 Å². The number of benzene rings is 2. The molecule has 0 saturated carbocycles. The second-order valence-electron chi connectivity index (χ2n) is 4.61. The van der Waals surface area contributed by atoms with Crippen molar-refractivity contribution in [2.75, 3.05) is 6.61 Å². The number of aliphatic carboxylic acids is 1. The zero-order chi connectivity index (χ0) is 15.6. The highest BCUT2D eigenvalue weighted by Crippen LogP contribution is 2.03. The van der Waals surface area contributed by atoms with Crippen LogP contribution in [0.1, 0.15) is 11.1 Å². The van der Waals surface area contributed by atoms with Gasteiger partial charge in [-0.2, -0.15) is 0 Å². The maximum Gasteiger partial charge on any atom is 0.354 e. The van der Waals surface area contributed by atoms with Gasteiger partial charge in [0.25, 0.3) is 0 Å². The molecule has 2 aromatic rings. The highest BCUT2D eigenvalue weighted by molar-refractivity contribution is 6.35. The van der Waals surface area contributed by atoms with Crippen LogP contribution in [0.5, 0.6) is 0 Å². The summed E-state index contributed by atoms with van der Waals surface area (Å²) in [7, 11) is 0. The van der Waals surface area contributed by atoms with Crippen LogP contribution in [0, 0.1) is 0 Å². The lowest BCUT2D eigenvalue weighted by Gasteiger charge is -2.02. The normalized spacial score (nSPS) is 11.5. The molecule has 0 atom stereocenters. The zero-order valence-electron chi connectivity index (χ0n) is 12.1. The number of hydrogen-bond acceptors (Lipinski definition) is 3. The number of carboxylic acids is 1. The van der Waals surface area contributed by atoms with E-state index in [-0.39, 0.29) is 18.7 Å². The van der Waals surface area contributed by atoms with Crippen LogP contribution in [-0.2, 0) is 16.1 Å². The van der Waals surface area contributed by atoms with Crippen molar-refractivity contribution in [2.24, 2.45) is 5.16 Å². The fraction of sp³-hybridized carbons (Fsp3) is 0.111. The number of carbonyl (C=O) groups is 1. The Morgan fingerprint density at radius 2 is 1.68 bits per heavy atom. The molecule has 0 amide bonds. The Morgan fingerprint density at radius 1 is 1.05 bits per heavy atom. The van der Waals surface area contributed by atoms with Gasteiger partial charge < -0.3 is 9.94 Å². The van der Waals surface area contributed by atoms with Gasteiger partial charge in [-0.3, -0.25) is 0 Å². The molecule has 0 saturated heterocycles. The van der Waals surface area contributed by atoms with Crippen molar-refractivity contribution in [2.45, 2.75) is 6.42 Å². The molecule has 0 bridgehead atoms. The number of carboxylic acid groups (broad SMARTS) is 1. The van der Waals surface area contributed by atoms with E-state index < -0.39 is 5.97 Å². The van der Waals surface area contributed by atoms with Gasteiger partial charge in [-0.15, -0.1) is 0 Å². The summed E-state index contributed by atoms with van der Waals surface area (Å²) < 4.78 is 0. The van der Waals surface area contributed by atoms with Gasteiger partial charge in [0.2, 0.25) is 0 Å². The predicted molar refractivity (Wildman–Crippen MR) is 86.6 cm³/mol. The number of hydrogen-bond donors (Lipinski definition) is 1. The molecule has 0 heterocycles. The monoisotopic (exact) mass is 295 g/mol. The molecule has 0 unspecified atom stereocenters. The Labute approximate surface area is 129 Å². The average Bonchev–Trinajstić information content (AvgIpc) is 2.55. The number of rotatable bonds is 7. The molecule has 0 aliphatic rings. The molecule has 4 nitrogen and oxygen atoms in total. The summed E-state index contributed by atoms with van der Waals surface area (Å²) in [5.41, 5.74) is 1.92. The summed E-state index contributed by atoms with van der Waals surface area (Å²) in [4.78, 5) is 16.2. The van der Waals surface area contributed by atoms with Gasteiger partial charge >= 0.3 is 5.97 Å². The third-order valence-corrected chi connectivity index (χ3v) is 2.92. The second-order valence-corrected chi connectivity index (χ2v) is 4.61. The zero-order valence-corrected chi connectivity index (χ0v) is 12.1. The van der Waals surface area contributed by atoms with Gasteiger partial charge in [0.05, 0.1) is 0 Å². The molecule has 2 rings (SSSR count). The highest BCUT2D eigenvalue weighted by atomic mass is 16.6. The van der Waals surface area contributed by atoms with Crippen molar-refractivity contribution >= 4 is 17.8 Å². The topological polar surface area (TPSA) is 58.9 Å². The van der Waals surface area contributed by atoms with E-state index in [4.69, 9.17) is 9.94 Å². The molecule has 22 heavy (non-hydrogen) atoms. The molecule has 4 heteroatoms. The van der Waals surface area contributed by atoms with Gasteiger partial charge in [0.15, 0.2) is 5.71 Å². The molecule has 1 N–H and O–H groups in total. The molecule has 0 aliphatic heterocycles. The lowest BCUT2D eigenvalue weighted by atomic mass is 10.1. The minimum atomic E-state index is -1.07. The number of nitrogens with zero attached hydrogens (tertiary/aromatic N) is 1. The Bertz CT molecular complexity index is 649. The van der Waals surface area contributed by atoms with Crippen LogP contribution in [0.3, 0.4) is 0 Å². The van der Waals surface area contributed by atoms with Crippen LogP contribution in [0.25, 0.3) is 6.08 Å². The summed E-state index contributed by atoms with van der Waals surface area (Å²) in [6.07, 6.45) is 3.92. The molecular formula is C18H17NO3. The van der Waals surface area contributed by atoms with Crippen LogP contribution < -0.4 is 0 Å². The van der Waals surface area contributed by atoms with Crippen molar-refractivity contribution in [1.29, 1.82) is 0 Å². The third kappa shape index (κ3) is 5.25. The lowest BCUT2D eigenvalue weighted by Crippen LogP contribution is -2.16. The third-order valence-electron chi connectivity index (χ3n) is 2.92. The first-order chi connectivity index (χ1) is 10.8. The summed E-state index contributed by atoms with van der Waals surface area (Å²) >= 11 is 0. The van der Waals surface area contributed by atoms with E-state index in [2.05, 4.69) is 5.16 Å². The summed E-state index contributed by atoms with van der Waals surface area (Å²) in [6.45, 7) is 0.223. The first kappa shape index (κ1) is 15.5. The van der Waals surface area contributed by atoms with Crippen molar-refractivity contribution < 1.29 is 14.7 Å². The molecule has 0 radical (unpaired) electrons. The van der Waals surface area contributed by atoms with E-state index in [1.807, 2.05) is 66.7 Å². The van der Waals surface area contributed by atoms with Gasteiger partial charge in [0.1, 0.15) is 6.61 Å². The Morgan fingerprint density at radius 3 is 2.32 bits per heavy atom. The van der Waals surface area contributed by atoms with Crippen LogP contribution in [0.2, 0.25) is 0 Å². The van der Waals surface area contributed by atoms with E-state index >= 15 is 0 Å². The molecule has 0 fully saturated rings. The standard InChI is InChI=1S/C18H17NO3/c20-18(21)17(14-16-10-5-2-6-11-16)19-22-13-7-12-15-8-3-1-4-9-15/h1-12H,13-14H2,(H,20,21)/b12-7+,19-17-. The number of oxime groups is 1. The largest absolute Gasteiger partial charge is 0.477 e. The van der Waals surface area contributed by atoms with Crippen LogP contribution in [0.4, 0.5) is 0 Å². The van der Waals surface area contributed by atoms with E-state index in [0.29, 0.717) is 0 Å². The Kier molecular flexibility index (Phi) is 5.93. The van der Waals surface area contributed by atoms with E-state index in [9.17, 15) is 4.79 Å². The first-order valence-corrected chi connectivity index (χ1v) is 6.93. The summed E-state index contributed by atoms with van der Waals surface area (Å²) in [6, 6.07) is 19.1. The Hall–Kier alpha value is -2.88. The van der Waals surface area contributed by atoms with Crippen molar-refractivity contribution in [3.63, 3.8) is 0 Å². The van der Waals surface area contributed by atoms with Gasteiger partial charge in [-0.1, -0.05) is 71.9 Å². The second kappa shape index (κ2) is 8.42. The lowest BCUT2D eigenvalue weighted by molar-refractivity contribution is -0.129. The molecule has 2 aromatic carbocycles. The first-order valence-electron chi connectivity index (χ1n) is 6.93. The van der Waals surface area contributed by atoms with E-state index in [1.165, 1.54) is 0 Å². The highest BCUT2D eigenvalue weighted by Gasteiger charge is 2.11. The van der Waals surface area contributed by atoms with Crippen molar-refractivity contribution in [3.05, 3.63) is 77.9 Å². The fourth-order valence-electron chi connectivity index (χ4n) is 1.84. The predicted octanol–water partition coefficient (Wildman–Crippen LogP) is 3.40. The molecule has 0 spiro atoms. The summed E-state index contributed by atoms with van der Waals surface area (Å²) in [5.74, 6) is -1.07. The van der Waals surface area contributed by atoms with E-state index in [1.54, 1.807) is 6.08 Å². The minimum Gasteiger partial charge on any atom is -0.477 e. The van der Waals surface area contributed by atoms with E-state index in [0.717, 1.165) is 11.1 Å². The maximum atomic E-state index is 11.2. The van der Waals surface area contributed by atoms with Crippen molar-refractivity contribution in [1.82, 2.24) is 0 Å². The Balaban J connectivity index is 1.88. The van der Waals surface area contributed by atoms with Crippen LogP contribution in [0.15, 0.2) is 71.9 Å². The quantitative estimate of drug-likeness (QED) is 0.484. The van der Waals surface area contributed by atoms with Crippen LogP contribution in [-0.4, -0.2) is 23.4 Å². The van der Waals surface area contributed by atoms with Gasteiger partial charge in [-0.05, 0) is 17.2 Å². The SMILES string of the molecule is O=C(O)/C(Cc1ccccc1)=N\OC/C=C/c1ccccc1. The molecule has 0 aromatic heterocycles. The maximum absolute atomic E-state index is 11.2. The summed E-state index contributed by atoms with van der Waals surface area (Å²) in [5, 5.41) is 12.9. The van der Waals surface area contributed by atoms with Crippen molar-refractivity contribution in [3.8, 4) is 0 Å². The molecule has 112 valence electrons. The van der Waals surface area contributed by atoms with Gasteiger partial charge in [0, 0.05) is 6.42 Å². The fourth-order valence-corrected chi connectivity index (χ4v) is 1.84. The van der Waals surface area contributed by atoms with Gasteiger partial charge in [-0.25, -0.2) is 4.79 Å². The molecule has 0 aliphatic carbocycles. The average molecular weight is 295 g/mol.